The molecule has 1 heterocycles. The van der Waals surface area contributed by atoms with Crippen molar-refractivity contribution >= 4 is 11.8 Å². The van der Waals surface area contributed by atoms with Crippen LogP contribution in [-0.4, -0.2) is 34.3 Å². The van der Waals surface area contributed by atoms with Crippen molar-refractivity contribution in [2.75, 3.05) is 23.7 Å². The van der Waals surface area contributed by atoms with Crippen LogP contribution in [0.15, 0.2) is 6.07 Å². The number of aromatic nitrogens is 2. The lowest BCUT2D eigenvalue weighted by atomic mass is 10.1. The van der Waals surface area contributed by atoms with Gasteiger partial charge in [0.05, 0.1) is 6.10 Å². The summed E-state index contributed by atoms with van der Waals surface area (Å²) in [4.78, 5) is 8.70. The minimum absolute atomic E-state index is 0.159. The van der Waals surface area contributed by atoms with Crippen molar-refractivity contribution in [3.8, 4) is 0 Å². The molecule has 0 spiro atoms. The third-order valence-electron chi connectivity index (χ3n) is 3.35. The number of hydrogen-bond donors (Lipinski definition) is 3. The largest absolute Gasteiger partial charge is 0.393 e. The van der Waals surface area contributed by atoms with Crippen LogP contribution >= 0.6 is 0 Å². The molecule has 2 unspecified atom stereocenters. The fourth-order valence-electron chi connectivity index (χ4n) is 2.39. The molecule has 5 nitrogen and oxygen atoms in total. The zero-order valence-electron chi connectivity index (χ0n) is 11.1. The molecule has 0 amide bonds. The van der Waals surface area contributed by atoms with Crippen molar-refractivity contribution in [1.82, 2.24) is 9.97 Å². The smallest absolute Gasteiger partial charge is 0.224 e. The Labute approximate surface area is 108 Å². The maximum absolute atomic E-state index is 9.78. The standard InChI is InChI=1S/C13H22N4O/c1-3-14-13-16-9(2)7-12(17-13)15-8-10-5-4-6-11(10)18/h7,10-11,18H,3-6,8H2,1-2H3,(H2,14,15,16,17). The Balaban J connectivity index is 1.95. The predicted molar refractivity (Wildman–Crippen MR) is 72.8 cm³/mol. The van der Waals surface area contributed by atoms with Gasteiger partial charge in [-0.3, -0.25) is 0 Å². The summed E-state index contributed by atoms with van der Waals surface area (Å²) < 4.78 is 0. The molecule has 1 aromatic heterocycles. The second-order valence-electron chi connectivity index (χ2n) is 4.89. The lowest BCUT2D eigenvalue weighted by Crippen LogP contribution is -2.22. The number of aryl methyl sites for hydroxylation is 1. The van der Waals surface area contributed by atoms with Crippen LogP contribution < -0.4 is 10.6 Å². The molecule has 1 aliphatic carbocycles. The Morgan fingerprint density at radius 2 is 2.17 bits per heavy atom. The normalized spacial score (nSPS) is 23.1. The molecule has 1 fully saturated rings. The molecule has 2 rings (SSSR count). The summed E-state index contributed by atoms with van der Waals surface area (Å²) in [6.45, 7) is 5.57. The minimum atomic E-state index is -0.159. The molecule has 0 aliphatic heterocycles. The number of nitrogens with one attached hydrogen (secondary N) is 2. The lowest BCUT2D eigenvalue weighted by molar-refractivity contribution is 0.138. The van der Waals surface area contributed by atoms with E-state index in [0.717, 1.165) is 43.9 Å². The third-order valence-corrected chi connectivity index (χ3v) is 3.35. The van der Waals surface area contributed by atoms with Crippen molar-refractivity contribution in [2.45, 2.75) is 39.2 Å². The van der Waals surface area contributed by atoms with Gasteiger partial charge in [0.1, 0.15) is 5.82 Å². The Kier molecular flexibility index (Phi) is 4.36. The zero-order valence-corrected chi connectivity index (χ0v) is 11.1. The van der Waals surface area contributed by atoms with Gasteiger partial charge in [-0.2, -0.15) is 4.98 Å². The Morgan fingerprint density at radius 3 is 2.83 bits per heavy atom. The third kappa shape index (κ3) is 3.32. The van der Waals surface area contributed by atoms with Crippen LogP contribution in [0.5, 0.6) is 0 Å². The molecular formula is C13H22N4O. The SMILES string of the molecule is CCNc1nc(C)cc(NCC2CCCC2O)n1. The van der Waals surface area contributed by atoms with Crippen molar-refractivity contribution in [3.05, 3.63) is 11.8 Å². The van der Waals surface area contributed by atoms with Crippen LogP contribution in [-0.2, 0) is 0 Å². The van der Waals surface area contributed by atoms with E-state index >= 15 is 0 Å². The first-order valence-electron chi connectivity index (χ1n) is 6.70. The highest BCUT2D eigenvalue weighted by molar-refractivity contribution is 5.42. The molecule has 1 aromatic rings. The Morgan fingerprint density at radius 1 is 1.33 bits per heavy atom. The lowest BCUT2D eigenvalue weighted by Gasteiger charge is -2.16. The fraction of sp³-hybridized carbons (Fsp3) is 0.692. The Bertz CT molecular complexity index is 397. The van der Waals surface area contributed by atoms with Gasteiger partial charge in [-0.05, 0) is 26.7 Å². The van der Waals surface area contributed by atoms with Gasteiger partial charge in [0, 0.05) is 30.8 Å². The molecule has 100 valence electrons. The van der Waals surface area contributed by atoms with E-state index in [0.29, 0.717) is 11.9 Å². The molecule has 3 N–H and O–H groups in total. The number of rotatable bonds is 5. The summed E-state index contributed by atoms with van der Waals surface area (Å²) in [7, 11) is 0. The van der Waals surface area contributed by atoms with Crippen LogP contribution in [0.4, 0.5) is 11.8 Å². The first-order chi connectivity index (χ1) is 8.69. The van der Waals surface area contributed by atoms with E-state index < -0.39 is 0 Å². The molecule has 1 aliphatic rings. The summed E-state index contributed by atoms with van der Waals surface area (Å²) in [6.07, 6.45) is 2.99. The number of anilines is 2. The van der Waals surface area contributed by atoms with Crippen molar-refractivity contribution in [3.63, 3.8) is 0 Å². The van der Waals surface area contributed by atoms with Gasteiger partial charge in [-0.25, -0.2) is 4.98 Å². The predicted octanol–water partition coefficient (Wildman–Crippen LogP) is 1.79. The van der Waals surface area contributed by atoms with E-state index in [4.69, 9.17) is 0 Å². The average molecular weight is 250 g/mol. The van der Waals surface area contributed by atoms with E-state index in [1.54, 1.807) is 0 Å². The van der Waals surface area contributed by atoms with Gasteiger partial charge in [0.25, 0.3) is 0 Å². The molecule has 0 radical (unpaired) electrons. The summed E-state index contributed by atoms with van der Waals surface area (Å²) in [6, 6.07) is 1.93. The van der Waals surface area contributed by atoms with E-state index in [1.165, 1.54) is 0 Å². The highest BCUT2D eigenvalue weighted by atomic mass is 16.3. The monoisotopic (exact) mass is 250 g/mol. The first kappa shape index (κ1) is 13.1. The second-order valence-corrected chi connectivity index (χ2v) is 4.89. The molecule has 18 heavy (non-hydrogen) atoms. The summed E-state index contributed by atoms with van der Waals surface area (Å²) >= 11 is 0. The zero-order chi connectivity index (χ0) is 13.0. The molecule has 5 heteroatoms. The summed E-state index contributed by atoms with van der Waals surface area (Å²) in [5.41, 5.74) is 0.940. The molecular weight excluding hydrogens is 228 g/mol. The highest BCUT2D eigenvalue weighted by Gasteiger charge is 2.24. The van der Waals surface area contributed by atoms with Gasteiger partial charge in [0.15, 0.2) is 0 Å². The number of aliphatic hydroxyl groups excluding tert-OH is 1. The Hall–Kier alpha value is -1.36. The van der Waals surface area contributed by atoms with E-state index in [1.807, 2.05) is 19.9 Å². The van der Waals surface area contributed by atoms with E-state index in [-0.39, 0.29) is 6.10 Å². The highest BCUT2D eigenvalue weighted by Crippen LogP contribution is 2.25. The summed E-state index contributed by atoms with van der Waals surface area (Å²) in [5, 5.41) is 16.2. The van der Waals surface area contributed by atoms with Crippen LogP contribution in [0, 0.1) is 12.8 Å². The van der Waals surface area contributed by atoms with Crippen LogP contribution in [0.2, 0.25) is 0 Å². The number of nitrogens with zero attached hydrogens (tertiary/aromatic N) is 2. The second kappa shape index (κ2) is 6.00. The molecule has 0 bridgehead atoms. The maximum Gasteiger partial charge on any atom is 0.224 e. The fourth-order valence-corrected chi connectivity index (χ4v) is 2.39. The van der Waals surface area contributed by atoms with Crippen molar-refractivity contribution in [1.29, 1.82) is 0 Å². The number of hydrogen-bond acceptors (Lipinski definition) is 5. The average Bonchev–Trinajstić information content (AvgIpc) is 2.72. The number of aliphatic hydroxyl groups is 1. The van der Waals surface area contributed by atoms with Crippen LogP contribution in [0.1, 0.15) is 31.9 Å². The topological polar surface area (TPSA) is 70.1 Å². The van der Waals surface area contributed by atoms with Crippen molar-refractivity contribution in [2.24, 2.45) is 5.92 Å². The summed E-state index contributed by atoms with van der Waals surface area (Å²) in [5.74, 6) is 1.84. The van der Waals surface area contributed by atoms with Gasteiger partial charge in [-0.15, -0.1) is 0 Å². The first-order valence-corrected chi connectivity index (χ1v) is 6.70. The van der Waals surface area contributed by atoms with E-state index in [9.17, 15) is 5.11 Å². The minimum Gasteiger partial charge on any atom is -0.393 e. The van der Waals surface area contributed by atoms with Gasteiger partial charge in [-0.1, -0.05) is 6.42 Å². The maximum atomic E-state index is 9.78. The van der Waals surface area contributed by atoms with Crippen LogP contribution in [0.3, 0.4) is 0 Å². The molecule has 0 saturated heterocycles. The van der Waals surface area contributed by atoms with Gasteiger partial charge >= 0.3 is 0 Å². The van der Waals surface area contributed by atoms with E-state index in [2.05, 4.69) is 20.6 Å². The van der Waals surface area contributed by atoms with Crippen LogP contribution in [0.25, 0.3) is 0 Å². The van der Waals surface area contributed by atoms with Gasteiger partial charge < -0.3 is 15.7 Å². The molecule has 2 atom stereocenters. The van der Waals surface area contributed by atoms with Gasteiger partial charge in [0.2, 0.25) is 5.95 Å². The molecule has 0 aromatic carbocycles. The quantitative estimate of drug-likeness (QED) is 0.743. The van der Waals surface area contributed by atoms with Crippen molar-refractivity contribution < 1.29 is 5.11 Å². The molecule has 1 saturated carbocycles.